The van der Waals surface area contributed by atoms with E-state index in [0.717, 1.165) is 12.1 Å². The number of benzene rings is 3. The molecule has 4 rings (SSSR count). The van der Waals surface area contributed by atoms with Crippen LogP contribution in [0.15, 0.2) is 83.5 Å². The third kappa shape index (κ3) is 7.47. The maximum absolute atomic E-state index is 13.7. The lowest BCUT2D eigenvalue weighted by atomic mass is 10.1. The van der Waals surface area contributed by atoms with Crippen molar-refractivity contribution in [3.63, 3.8) is 0 Å². The van der Waals surface area contributed by atoms with Crippen LogP contribution in [0.5, 0.6) is 0 Å². The maximum atomic E-state index is 13.7. The number of oxazole rings is 1. The van der Waals surface area contributed by atoms with Crippen LogP contribution in [0.1, 0.15) is 38.6 Å². The highest BCUT2D eigenvalue weighted by atomic mass is 19.4. The summed E-state index contributed by atoms with van der Waals surface area (Å²) < 4.78 is 71.7. The molecule has 0 atom stereocenters. The summed E-state index contributed by atoms with van der Waals surface area (Å²) in [6.45, 7) is 0.498. The molecule has 4 aromatic rings. The van der Waals surface area contributed by atoms with Gasteiger partial charge in [0.15, 0.2) is 5.69 Å². The summed E-state index contributed by atoms with van der Waals surface area (Å²) in [5, 5.41) is 2.66. The van der Waals surface area contributed by atoms with Crippen LogP contribution in [0.25, 0.3) is 0 Å². The highest BCUT2D eigenvalue weighted by Crippen LogP contribution is 2.30. The van der Waals surface area contributed by atoms with Crippen molar-refractivity contribution in [3.8, 4) is 0 Å². The Morgan fingerprint density at radius 3 is 2.19 bits per heavy atom. The summed E-state index contributed by atoms with van der Waals surface area (Å²) in [4.78, 5) is 18.4. The first-order valence-electron chi connectivity index (χ1n) is 11.3. The molecule has 0 aliphatic rings. The van der Waals surface area contributed by atoms with E-state index in [0.29, 0.717) is 16.7 Å². The van der Waals surface area contributed by atoms with E-state index in [9.17, 15) is 26.7 Å². The number of alkyl halides is 3. The number of halogens is 5. The molecular formula is C27H22F5N3O2. The number of nitrogens with zero attached hydrogens (tertiary/aromatic N) is 2. The second-order valence-electron chi connectivity index (χ2n) is 8.41. The van der Waals surface area contributed by atoms with Crippen LogP contribution in [0.4, 0.5) is 22.0 Å². The van der Waals surface area contributed by atoms with Gasteiger partial charge in [-0.3, -0.25) is 9.69 Å². The average Bonchev–Trinajstić information content (AvgIpc) is 3.32. The molecule has 0 bridgehead atoms. The molecule has 0 spiro atoms. The van der Waals surface area contributed by atoms with Gasteiger partial charge in [-0.05, 0) is 47.0 Å². The van der Waals surface area contributed by atoms with Gasteiger partial charge in [0.2, 0.25) is 5.89 Å². The van der Waals surface area contributed by atoms with Crippen molar-refractivity contribution in [2.45, 2.75) is 32.4 Å². The predicted molar refractivity (Wildman–Crippen MR) is 125 cm³/mol. The zero-order chi connectivity index (χ0) is 26.4. The van der Waals surface area contributed by atoms with Crippen molar-refractivity contribution in [1.82, 2.24) is 15.2 Å². The summed E-state index contributed by atoms with van der Waals surface area (Å²) in [5.41, 5.74) is 0.945. The Hall–Kier alpha value is -4.05. The highest BCUT2D eigenvalue weighted by molar-refractivity contribution is 5.91. The fourth-order valence-electron chi connectivity index (χ4n) is 3.72. The molecule has 5 nitrogen and oxygen atoms in total. The van der Waals surface area contributed by atoms with Gasteiger partial charge in [-0.1, -0.05) is 42.5 Å². The zero-order valence-corrected chi connectivity index (χ0v) is 19.4. The van der Waals surface area contributed by atoms with Crippen LogP contribution in [0.2, 0.25) is 0 Å². The lowest BCUT2D eigenvalue weighted by Crippen LogP contribution is -2.24. The average molecular weight is 515 g/mol. The number of hydrogen-bond donors (Lipinski definition) is 1. The lowest BCUT2D eigenvalue weighted by molar-refractivity contribution is -0.137. The lowest BCUT2D eigenvalue weighted by Gasteiger charge is -2.21. The summed E-state index contributed by atoms with van der Waals surface area (Å²) in [6.07, 6.45) is -3.30. The van der Waals surface area contributed by atoms with Crippen molar-refractivity contribution < 1.29 is 31.2 Å². The summed E-state index contributed by atoms with van der Waals surface area (Å²) in [6, 6.07) is 16.5. The topological polar surface area (TPSA) is 58.4 Å². The molecule has 0 saturated carbocycles. The van der Waals surface area contributed by atoms with Crippen molar-refractivity contribution in [2.24, 2.45) is 0 Å². The second kappa shape index (κ2) is 11.3. The van der Waals surface area contributed by atoms with Crippen LogP contribution in [0.3, 0.4) is 0 Å². The van der Waals surface area contributed by atoms with Crippen molar-refractivity contribution in [3.05, 3.63) is 125 Å². The van der Waals surface area contributed by atoms with E-state index in [2.05, 4.69) is 10.3 Å². The third-order valence-corrected chi connectivity index (χ3v) is 5.47. The smallest absolute Gasteiger partial charge is 0.416 e. The fourth-order valence-corrected chi connectivity index (χ4v) is 3.72. The van der Waals surface area contributed by atoms with Crippen molar-refractivity contribution in [2.75, 3.05) is 0 Å². The minimum absolute atomic E-state index is 0.0156. The largest absolute Gasteiger partial charge is 0.447 e. The molecule has 3 aromatic carbocycles. The zero-order valence-electron chi connectivity index (χ0n) is 19.4. The van der Waals surface area contributed by atoms with Crippen LogP contribution in [-0.2, 0) is 32.4 Å². The van der Waals surface area contributed by atoms with Crippen LogP contribution in [-0.4, -0.2) is 15.8 Å². The molecule has 0 aliphatic heterocycles. The highest BCUT2D eigenvalue weighted by Gasteiger charge is 2.30. The number of rotatable bonds is 9. The molecule has 10 heteroatoms. The first kappa shape index (κ1) is 26.0. The summed E-state index contributed by atoms with van der Waals surface area (Å²) >= 11 is 0. The van der Waals surface area contributed by atoms with E-state index in [1.165, 1.54) is 36.6 Å². The monoisotopic (exact) mass is 515 g/mol. The maximum Gasteiger partial charge on any atom is 0.416 e. The van der Waals surface area contributed by atoms with Crippen molar-refractivity contribution >= 4 is 5.91 Å². The normalized spacial score (nSPS) is 11.6. The van der Waals surface area contributed by atoms with E-state index in [1.54, 1.807) is 35.2 Å². The van der Waals surface area contributed by atoms with Crippen LogP contribution >= 0.6 is 0 Å². The van der Waals surface area contributed by atoms with Gasteiger partial charge in [-0.15, -0.1) is 0 Å². The standard InChI is InChI=1S/C27H22F5N3O2/c28-22-9-7-18(8-10-22)13-33-26(36)24-17-37-25(34-24)16-35(15-20-4-2-6-23(29)12-20)14-19-3-1-5-21(11-19)27(30,31)32/h1-12,17H,13-16H2,(H,33,36). The summed E-state index contributed by atoms with van der Waals surface area (Å²) in [5.74, 6) is -1.17. The van der Waals surface area contributed by atoms with E-state index in [-0.39, 0.29) is 43.6 Å². The molecule has 192 valence electrons. The van der Waals surface area contributed by atoms with E-state index >= 15 is 0 Å². The second-order valence-corrected chi connectivity index (χ2v) is 8.41. The Labute approximate surface area is 209 Å². The third-order valence-electron chi connectivity index (χ3n) is 5.47. The van der Waals surface area contributed by atoms with E-state index < -0.39 is 23.5 Å². The van der Waals surface area contributed by atoms with Gasteiger partial charge in [-0.25, -0.2) is 13.8 Å². The molecule has 0 saturated heterocycles. The Kier molecular flexibility index (Phi) is 7.98. The minimum Gasteiger partial charge on any atom is -0.447 e. The van der Waals surface area contributed by atoms with Gasteiger partial charge < -0.3 is 9.73 Å². The number of aromatic nitrogens is 1. The quantitative estimate of drug-likeness (QED) is 0.274. The first-order chi connectivity index (χ1) is 17.7. The molecule has 1 aromatic heterocycles. The number of hydrogen-bond acceptors (Lipinski definition) is 4. The van der Waals surface area contributed by atoms with Gasteiger partial charge in [0.25, 0.3) is 5.91 Å². The molecule has 0 fully saturated rings. The molecule has 0 radical (unpaired) electrons. The Morgan fingerprint density at radius 1 is 0.838 bits per heavy atom. The van der Waals surface area contributed by atoms with Crippen LogP contribution < -0.4 is 5.32 Å². The van der Waals surface area contributed by atoms with Gasteiger partial charge >= 0.3 is 6.18 Å². The van der Waals surface area contributed by atoms with Gasteiger partial charge in [-0.2, -0.15) is 13.2 Å². The molecule has 1 heterocycles. The Morgan fingerprint density at radius 2 is 1.51 bits per heavy atom. The van der Waals surface area contributed by atoms with Gasteiger partial charge in [0.1, 0.15) is 17.9 Å². The number of nitrogens with one attached hydrogen (secondary N) is 1. The SMILES string of the molecule is O=C(NCc1ccc(F)cc1)c1coc(CN(Cc2cccc(F)c2)Cc2cccc(C(F)(F)F)c2)n1. The van der Waals surface area contributed by atoms with Crippen LogP contribution in [0, 0.1) is 11.6 Å². The first-order valence-corrected chi connectivity index (χ1v) is 11.3. The molecule has 37 heavy (non-hydrogen) atoms. The molecule has 0 aliphatic carbocycles. The molecule has 1 amide bonds. The summed E-state index contributed by atoms with van der Waals surface area (Å²) in [7, 11) is 0. The molecule has 0 unspecified atom stereocenters. The van der Waals surface area contributed by atoms with Crippen molar-refractivity contribution in [1.29, 1.82) is 0 Å². The van der Waals surface area contributed by atoms with E-state index in [1.807, 2.05) is 0 Å². The predicted octanol–water partition coefficient (Wildman–Crippen LogP) is 6.10. The molecular weight excluding hydrogens is 493 g/mol. The number of carbonyl (C=O) groups is 1. The Bertz CT molecular complexity index is 1350. The minimum atomic E-state index is -4.48. The van der Waals surface area contributed by atoms with Gasteiger partial charge in [0.05, 0.1) is 12.1 Å². The number of carbonyl (C=O) groups excluding carboxylic acids is 1. The Balaban J connectivity index is 1.47. The fraction of sp³-hybridized carbons (Fsp3) is 0.185. The van der Waals surface area contributed by atoms with E-state index in [4.69, 9.17) is 4.42 Å². The number of amides is 1. The van der Waals surface area contributed by atoms with Gasteiger partial charge in [0, 0.05) is 19.6 Å². The molecule has 1 N–H and O–H groups in total.